The van der Waals surface area contributed by atoms with E-state index in [-0.39, 0.29) is 4.90 Å². The van der Waals surface area contributed by atoms with Gasteiger partial charge in [0.2, 0.25) is 10.0 Å². The maximum Gasteiger partial charge on any atom is 0.248 e. The minimum absolute atomic E-state index is 0.190. The van der Waals surface area contributed by atoms with E-state index in [2.05, 4.69) is 10.1 Å². The Morgan fingerprint density at radius 3 is 2.38 bits per heavy atom. The van der Waals surface area contributed by atoms with Crippen molar-refractivity contribution in [2.75, 3.05) is 31.1 Å². The van der Waals surface area contributed by atoms with Crippen LogP contribution in [0, 0.1) is 20.8 Å². The van der Waals surface area contributed by atoms with Gasteiger partial charge in [-0.15, -0.1) is 0 Å². The van der Waals surface area contributed by atoms with Gasteiger partial charge in [-0.05, 0) is 38.5 Å². The lowest BCUT2D eigenvalue weighted by Crippen LogP contribution is -2.49. The standard InChI is InChI=1S/C16H20ClN3O3S/c1-11-14(17)5-4-6-15(11)19-7-9-20(10-8-19)24(21,22)16-12(2)18-23-13(16)3/h4-6H,7-10H2,1-3H3. The van der Waals surface area contributed by atoms with Gasteiger partial charge in [0, 0.05) is 36.9 Å². The molecule has 130 valence electrons. The zero-order chi connectivity index (χ0) is 17.5. The third-order valence-electron chi connectivity index (χ3n) is 4.38. The number of aromatic nitrogens is 1. The second-order valence-electron chi connectivity index (χ2n) is 5.93. The van der Waals surface area contributed by atoms with Crippen molar-refractivity contribution in [1.29, 1.82) is 0 Å². The summed E-state index contributed by atoms with van der Waals surface area (Å²) >= 11 is 6.19. The lowest BCUT2D eigenvalue weighted by atomic mass is 10.1. The Bertz CT molecular complexity index is 836. The van der Waals surface area contributed by atoms with E-state index in [1.165, 1.54) is 4.31 Å². The van der Waals surface area contributed by atoms with Gasteiger partial charge in [0.05, 0.1) is 0 Å². The van der Waals surface area contributed by atoms with Crippen molar-refractivity contribution in [2.45, 2.75) is 25.7 Å². The third-order valence-corrected chi connectivity index (χ3v) is 6.94. The highest BCUT2D eigenvalue weighted by atomic mass is 35.5. The molecule has 0 bridgehead atoms. The first-order valence-corrected chi connectivity index (χ1v) is 9.57. The molecule has 2 heterocycles. The molecule has 1 fully saturated rings. The Labute approximate surface area is 147 Å². The van der Waals surface area contributed by atoms with Crippen LogP contribution in [0.15, 0.2) is 27.6 Å². The van der Waals surface area contributed by atoms with Crippen LogP contribution in [-0.4, -0.2) is 44.1 Å². The summed E-state index contributed by atoms with van der Waals surface area (Å²) in [5, 5.41) is 4.48. The van der Waals surface area contributed by atoms with Crippen molar-refractivity contribution in [1.82, 2.24) is 9.46 Å². The van der Waals surface area contributed by atoms with Gasteiger partial charge in [-0.3, -0.25) is 0 Å². The van der Waals surface area contributed by atoms with Gasteiger partial charge in [0.15, 0.2) is 5.76 Å². The van der Waals surface area contributed by atoms with Crippen LogP contribution in [0.5, 0.6) is 0 Å². The van der Waals surface area contributed by atoms with E-state index in [0.717, 1.165) is 16.3 Å². The monoisotopic (exact) mass is 369 g/mol. The highest BCUT2D eigenvalue weighted by Gasteiger charge is 2.33. The number of anilines is 1. The first-order valence-electron chi connectivity index (χ1n) is 7.75. The zero-order valence-electron chi connectivity index (χ0n) is 13.9. The Morgan fingerprint density at radius 1 is 1.12 bits per heavy atom. The summed E-state index contributed by atoms with van der Waals surface area (Å²) in [6, 6.07) is 5.79. The number of nitrogens with zero attached hydrogens (tertiary/aromatic N) is 3. The van der Waals surface area contributed by atoms with E-state index >= 15 is 0 Å². The lowest BCUT2D eigenvalue weighted by Gasteiger charge is -2.36. The normalized spacial score (nSPS) is 16.6. The van der Waals surface area contributed by atoms with E-state index in [9.17, 15) is 8.42 Å². The minimum Gasteiger partial charge on any atom is -0.369 e. The number of rotatable bonds is 3. The molecular weight excluding hydrogens is 350 g/mol. The molecule has 0 aliphatic carbocycles. The Hall–Kier alpha value is -1.57. The average Bonchev–Trinajstić information content (AvgIpc) is 2.89. The largest absolute Gasteiger partial charge is 0.369 e. The minimum atomic E-state index is -3.58. The molecule has 0 spiro atoms. The Kier molecular flexibility index (Phi) is 4.59. The molecule has 1 aliphatic rings. The van der Waals surface area contributed by atoms with Crippen molar-refractivity contribution < 1.29 is 12.9 Å². The van der Waals surface area contributed by atoms with Crippen molar-refractivity contribution in [3.8, 4) is 0 Å². The number of hydrogen-bond donors (Lipinski definition) is 0. The van der Waals surface area contributed by atoms with Crippen LogP contribution in [-0.2, 0) is 10.0 Å². The van der Waals surface area contributed by atoms with Crippen LogP contribution in [0.3, 0.4) is 0 Å². The van der Waals surface area contributed by atoms with E-state index in [1.54, 1.807) is 13.8 Å². The van der Waals surface area contributed by atoms with Gasteiger partial charge in [0.1, 0.15) is 10.6 Å². The smallest absolute Gasteiger partial charge is 0.248 e. The number of piperazine rings is 1. The molecular formula is C16H20ClN3O3S. The molecule has 6 nitrogen and oxygen atoms in total. The maximum atomic E-state index is 12.8. The topological polar surface area (TPSA) is 66.7 Å². The Morgan fingerprint density at radius 2 is 1.79 bits per heavy atom. The van der Waals surface area contributed by atoms with Gasteiger partial charge in [-0.2, -0.15) is 4.31 Å². The molecule has 0 saturated carbocycles. The first-order chi connectivity index (χ1) is 11.3. The van der Waals surface area contributed by atoms with Crippen LogP contribution in [0.2, 0.25) is 5.02 Å². The molecule has 1 aromatic carbocycles. The van der Waals surface area contributed by atoms with E-state index in [0.29, 0.717) is 37.6 Å². The SMILES string of the molecule is Cc1noc(C)c1S(=O)(=O)N1CCN(c2cccc(Cl)c2C)CC1. The molecule has 0 unspecified atom stereocenters. The molecule has 1 aromatic heterocycles. The summed E-state index contributed by atoms with van der Waals surface area (Å²) < 4.78 is 32.2. The van der Waals surface area contributed by atoms with Crippen molar-refractivity contribution >= 4 is 27.3 Å². The van der Waals surface area contributed by atoms with Crippen LogP contribution >= 0.6 is 11.6 Å². The fourth-order valence-corrected chi connectivity index (χ4v) is 4.96. The fraction of sp³-hybridized carbons (Fsp3) is 0.438. The lowest BCUT2D eigenvalue weighted by molar-refractivity contribution is 0.378. The highest BCUT2D eigenvalue weighted by Crippen LogP contribution is 2.29. The quantitative estimate of drug-likeness (QED) is 0.832. The van der Waals surface area contributed by atoms with Crippen LogP contribution < -0.4 is 4.90 Å². The number of aryl methyl sites for hydroxylation is 2. The maximum absolute atomic E-state index is 12.8. The summed E-state index contributed by atoms with van der Waals surface area (Å²) in [7, 11) is -3.58. The van der Waals surface area contributed by atoms with Crippen molar-refractivity contribution in [3.05, 3.63) is 40.2 Å². The predicted molar refractivity (Wildman–Crippen MR) is 93.1 cm³/mol. The van der Waals surface area contributed by atoms with Gasteiger partial charge in [-0.25, -0.2) is 8.42 Å². The van der Waals surface area contributed by atoms with Gasteiger partial charge < -0.3 is 9.42 Å². The molecule has 24 heavy (non-hydrogen) atoms. The highest BCUT2D eigenvalue weighted by molar-refractivity contribution is 7.89. The van der Waals surface area contributed by atoms with Gasteiger partial charge >= 0.3 is 0 Å². The molecule has 2 aromatic rings. The van der Waals surface area contributed by atoms with Crippen molar-refractivity contribution in [2.24, 2.45) is 0 Å². The van der Waals surface area contributed by atoms with Gasteiger partial charge in [-0.1, -0.05) is 22.8 Å². The second-order valence-corrected chi connectivity index (χ2v) is 8.21. The molecule has 8 heteroatoms. The number of benzene rings is 1. The summed E-state index contributed by atoms with van der Waals surface area (Å²) in [4.78, 5) is 2.36. The summed E-state index contributed by atoms with van der Waals surface area (Å²) in [5.74, 6) is 0.334. The number of halogens is 1. The third kappa shape index (κ3) is 2.92. The summed E-state index contributed by atoms with van der Waals surface area (Å²) in [6.07, 6.45) is 0. The van der Waals surface area contributed by atoms with E-state index in [4.69, 9.17) is 16.1 Å². The van der Waals surface area contributed by atoms with E-state index in [1.807, 2.05) is 25.1 Å². The van der Waals surface area contributed by atoms with E-state index < -0.39 is 10.0 Å². The number of sulfonamides is 1. The predicted octanol–water partition coefficient (Wildman–Crippen LogP) is 2.76. The molecule has 3 rings (SSSR count). The average molecular weight is 370 g/mol. The Balaban J connectivity index is 1.79. The molecule has 1 saturated heterocycles. The molecule has 0 amide bonds. The molecule has 0 atom stereocenters. The van der Waals surface area contributed by atoms with Gasteiger partial charge in [0.25, 0.3) is 0 Å². The van der Waals surface area contributed by atoms with Crippen molar-refractivity contribution in [3.63, 3.8) is 0 Å². The molecule has 1 aliphatic heterocycles. The van der Waals surface area contributed by atoms with Crippen LogP contribution in [0.1, 0.15) is 17.0 Å². The zero-order valence-corrected chi connectivity index (χ0v) is 15.5. The second kappa shape index (κ2) is 6.38. The fourth-order valence-electron chi connectivity index (χ4n) is 3.08. The van der Waals surface area contributed by atoms with Crippen LogP contribution in [0.25, 0.3) is 0 Å². The first kappa shape index (κ1) is 17.3. The summed E-state index contributed by atoms with van der Waals surface area (Å²) in [5.41, 5.74) is 2.47. The molecule has 0 N–H and O–H groups in total. The van der Waals surface area contributed by atoms with Crippen LogP contribution in [0.4, 0.5) is 5.69 Å². The summed E-state index contributed by atoms with van der Waals surface area (Å²) in [6.45, 7) is 7.31. The molecule has 0 radical (unpaired) electrons. The number of hydrogen-bond acceptors (Lipinski definition) is 5.